The van der Waals surface area contributed by atoms with Crippen molar-refractivity contribution in [2.24, 2.45) is 0 Å². The second-order valence-corrected chi connectivity index (χ2v) is 7.79. The lowest BCUT2D eigenvalue weighted by Crippen LogP contribution is -2.45. The van der Waals surface area contributed by atoms with E-state index in [1.165, 1.54) is 12.1 Å². The zero-order valence-electron chi connectivity index (χ0n) is 16.0. The number of aryl methyl sites for hydroxylation is 1. The van der Waals surface area contributed by atoms with Crippen molar-refractivity contribution < 1.29 is 19.0 Å². The first-order valence-corrected chi connectivity index (χ1v) is 9.69. The standard InChI is InChI=1S/C22H25FN2O3/c1-16-3-2-4-19(13-16)25-15-20(28-21(25)26)14-24-11-9-22(27,10-12-24)17-5-7-18(23)8-6-17/h2-8,13,20,27H,9-12,14-15H2,1H3. The van der Waals surface area contributed by atoms with Gasteiger partial charge in [0.25, 0.3) is 0 Å². The number of hydrogen-bond acceptors (Lipinski definition) is 4. The van der Waals surface area contributed by atoms with Crippen LogP contribution in [0.5, 0.6) is 0 Å². The molecule has 0 radical (unpaired) electrons. The lowest BCUT2D eigenvalue weighted by molar-refractivity contribution is -0.0325. The minimum atomic E-state index is -0.926. The second-order valence-electron chi connectivity index (χ2n) is 7.79. The van der Waals surface area contributed by atoms with Crippen molar-refractivity contribution in [3.8, 4) is 0 Å². The number of carbonyl (C=O) groups is 1. The molecule has 2 aromatic carbocycles. The Kier molecular flexibility index (Phi) is 5.08. The number of rotatable bonds is 4. The lowest BCUT2D eigenvalue weighted by atomic mass is 9.84. The fourth-order valence-electron chi connectivity index (χ4n) is 4.07. The number of piperidine rings is 1. The molecular formula is C22H25FN2O3. The minimum Gasteiger partial charge on any atom is -0.443 e. The Morgan fingerprint density at radius 1 is 1.18 bits per heavy atom. The molecule has 0 aliphatic carbocycles. The van der Waals surface area contributed by atoms with Crippen LogP contribution in [0.1, 0.15) is 24.0 Å². The third-order valence-electron chi connectivity index (χ3n) is 5.71. The smallest absolute Gasteiger partial charge is 0.414 e. The predicted octanol–water partition coefficient (Wildman–Crippen LogP) is 3.44. The van der Waals surface area contributed by atoms with Gasteiger partial charge in [-0.3, -0.25) is 9.80 Å². The molecule has 6 heteroatoms. The first-order valence-electron chi connectivity index (χ1n) is 9.69. The van der Waals surface area contributed by atoms with Gasteiger partial charge in [-0.15, -0.1) is 0 Å². The number of anilines is 1. The third-order valence-corrected chi connectivity index (χ3v) is 5.71. The number of carbonyl (C=O) groups excluding carboxylic acids is 1. The van der Waals surface area contributed by atoms with E-state index in [4.69, 9.17) is 4.74 Å². The number of nitrogens with zero attached hydrogens (tertiary/aromatic N) is 2. The van der Waals surface area contributed by atoms with Crippen molar-refractivity contribution in [2.75, 3.05) is 31.1 Å². The molecule has 0 spiro atoms. The Labute approximate surface area is 164 Å². The molecule has 2 saturated heterocycles. The number of ether oxygens (including phenoxy) is 1. The molecule has 5 nitrogen and oxygen atoms in total. The highest BCUT2D eigenvalue weighted by Crippen LogP contribution is 2.33. The highest BCUT2D eigenvalue weighted by Gasteiger charge is 2.37. The second kappa shape index (κ2) is 7.53. The van der Waals surface area contributed by atoms with Crippen molar-refractivity contribution in [3.63, 3.8) is 0 Å². The maximum atomic E-state index is 13.1. The summed E-state index contributed by atoms with van der Waals surface area (Å²) in [6.07, 6.45) is 0.641. The van der Waals surface area contributed by atoms with Gasteiger partial charge in [-0.25, -0.2) is 9.18 Å². The summed E-state index contributed by atoms with van der Waals surface area (Å²) >= 11 is 0. The van der Waals surface area contributed by atoms with Crippen LogP contribution in [0.3, 0.4) is 0 Å². The Morgan fingerprint density at radius 2 is 1.89 bits per heavy atom. The zero-order valence-corrected chi connectivity index (χ0v) is 16.0. The molecule has 4 rings (SSSR count). The zero-order chi connectivity index (χ0) is 19.7. The number of aliphatic hydroxyl groups is 1. The summed E-state index contributed by atoms with van der Waals surface area (Å²) in [4.78, 5) is 16.2. The molecule has 1 amide bonds. The number of likely N-dealkylation sites (tertiary alicyclic amines) is 1. The maximum Gasteiger partial charge on any atom is 0.414 e. The third kappa shape index (κ3) is 3.88. The molecule has 1 N–H and O–H groups in total. The van der Waals surface area contributed by atoms with Gasteiger partial charge in [0.15, 0.2) is 0 Å². The van der Waals surface area contributed by atoms with Gasteiger partial charge in [0.2, 0.25) is 0 Å². The molecule has 2 fully saturated rings. The quantitative estimate of drug-likeness (QED) is 0.877. The van der Waals surface area contributed by atoms with E-state index < -0.39 is 5.60 Å². The molecule has 0 saturated carbocycles. The van der Waals surface area contributed by atoms with Gasteiger partial charge in [0.05, 0.1) is 12.1 Å². The van der Waals surface area contributed by atoms with Gasteiger partial charge in [0, 0.05) is 25.3 Å². The normalized spacial score (nSPS) is 22.3. The number of halogens is 1. The number of benzene rings is 2. The van der Waals surface area contributed by atoms with E-state index in [0.29, 0.717) is 39.0 Å². The van der Waals surface area contributed by atoms with E-state index in [2.05, 4.69) is 4.90 Å². The summed E-state index contributed by atoms with van der Waals surface area (Å²) in [6, 6.07) is 13.9. The average Bonchev–Trinajstić information content (AvgIpc) is 3.04. The Balaban J connectivity index is 1.34. The fraction of sp³-hybridized carbons (Fsp3) is 0.409. The van der Waals surface area contributed by atoms with Crippen LogP contribution < -0.4 is 4.90 Å². The summed E-state index contributed by atoms with van der Waals surface area (Å²) in [5.74, 6) is -0.300. The summed E-state index contributed by atoms with van der Waals surface area (Å²) < 4.78 is 18.7. The van der Waals surface area contributed by atoms with E-state index in [9.17, 15) is 14.3 Å². The van der Waals surface area contributed by atoms with Crippen LogP contribution in [0.15, 0.2) is 48.5 Å². The summed E-state index contributed by atoms with van der Waals surface area (Å²) in [5, 5.41) is 10.9. The Bertz CT molecular complexity index is 847. The van der Waals surface area contributed by atoms with Crippen molar-refractivity contribution in [3.05, 3.63) is 65.5 Å². The first-order chi connectivity index (χ1) is 13.4. The van der Waals surface area contributed by atoms with E-state index in [1.807, 2.05) is 31.2 Å². The Hall–Kier alpha value is -2.44. The monoisotopic (exact) mass is 384 g/mol. The molecule has 2 aliphatic rings. The summed E-state index contributed by atoms with van der Waals surface area (Å²) in [6.45, 7) is 4.58. The molecule has 1 unspecified atom stereocenters. The number of cyclic esters (lactones) is 1. The van der Waals surface area contributed by atoms with Crippen molar-refractivity contribution >= 4 is 11.8 Å². The van der Waals surface area contributed by atoms with E-state index in [0.717, 1.165) is 16.8 Å². The van der Waals surface area contributed by atoms with Crippen LogP contribution in [0.25, 0.3) is 0 Å². The SMILES string of the molecule is Cc1cccc(N2CC(CN3CCC(O)(c4ccc(F)cc4)CC3)OC2=O)c1. The molecule has 1 atom stereocenters. The van der Waals surface area contributed by atoms with E-state index in [1.54, 1.807) is 17.0 Å². The topological polar surface area (TPSA) is 53.0 Å². The average molecular weight is 384 g/mol. The fourth-order valence-corrected chi connectivity index (χ4v) is 4.07. The van der Waals surface area contributed by atoms with Crippen LogP contribution in [0, 0.1) is 12.7 Å². The number of amides is 1. The Morgan fingerprint density at radius 3 is 2.57 bits per heavy atom. The van der Waals surface area contributed by atoms with E-state index >= 15 is 0 Å². The van der Waals surface area contributed by atoms with Crippen LogP contribution in [-0.4, -0.2) is 48.4 Å². The molecule has 28 heavy (non-hydrogen) atoms. The molecule has 2 heterocycles. The van der Waals surface area contributed by atoms with Crippen molar-refractivity contribution in [1.82, 2.24) is 4.90 Å². The molecule has 2 aromatic rings. The highest BCUT2D eigenvalue weighted by atomic mass is 19.1. The molecule has 2 aliphatic heterocycles. The van der Waals surface area contributed by atoms with Crippen molar-refractivity contribution in [1.29, 1.82) is 0 Å². The molecule has 0 bridgehead atoms. The van der Waals surface area contributed by atoms with Crippen LogP contribution >= 0.6 is 0 Å². The highest BCUT2D eigenvalue weighted by molar-refractivity contribution is 5.89. The largest absolute Gasteiger partial charge is 0.443 e. The molecule has 148 valence electrons. The summed E-state index contributed by atoms with van der Waals surface area (Å²) in [7, 11) is 0. The van der Waals surface area contributed by atoms with Gasteiger partial charge < -0.3 is 9.84 Å². The summed E-state index contributed by atoms with van der Waals surface area (Å²) in [5.41, 5.74) is 1.79. The van der Waals surface area contributed by atoms with Gasteiger partial charge in [-0.05, 0) is 55.2 Å². The lowest BCUT2D eigenvalue weighted by Gasteiger charge is -2.39. The van der Waals surface area contributed by atoms with Crippen LogP contribution in [0.4, 0.5) is 14.9 Å². The van der Waals surface area contributed by atoms with Gasteiger partial charge in [-0.1, -0.05) is 24.3 Å². The predicted molar refractivity (Wildman–Crippen MR) is 105 cm³/mol. The van der Waals surface area contributed by atoms with Gasteiger partial charge >= 0.3 is 6.09 Å². The van der Waals surface area contributed by atoms with Crippen LogP contribution in [-0.2, 0) is 10.3 Å². The molecule has 0 aromatic heterocycles. The minimum absolute atomic E-state index is 0.190. The van der Waals surface area contributed by atoms with E-state index in [-0.39, 0.29) is 18.0 Å². The van der Waals surface area contributed by atoms with Crippen molar-refractivity contribution in [2.45, 2.75) is 31.5 Å². The number of hydrogen-bond donors (Lipinski definition) is 1. The molecular weight excluding hydrogens is 359 g/mol. The van der Waals surface area contributed by atoms with Gasteiger partial charge in [-0.2, -0.15) is 0 Å². The van der Waals surface area contributed by atoms with Gasteiger partial charge in [0.1, 0.15) is 11.9 Å². The maximum absolute atomic E-state index is 13.1. The first kappa shape index (κ1) is 18.9. The van der Waals surface area contributed by atoms with Crippen LogP contribution in [0.2, 0.25) is 0 Å².